The minimum absolute atomic E-state index is 0.0660. The Hall–Kier alpha value is -2.14. The Morgan fingerprint density at radius 2 is 2.17 bits per heavy atom. The molecule has 2 heterocycles. The normalized spacial score (nSPS) is 16.9. The molecule has 1 aliphatic heterocycles. The topological polar surface area (TPSA) is 57.6 Å². The lowest BCUT2D eigenvalue weighted by molar-refractivity contribution is -0.133. The Morgan fingerprint density at radius 1 is 1.35 bits per heavy atom. The maximum absolute atomic E-state index is 12.7. The zero-order valence-corrected chi connectivity index (χ0v) is 13.8. The van der Waals surface area contributed by atoms with Gasteiger partial charge < -0.3 is 10.0 Å². The van der Waals surface area contributed by atoms with Gasteiger partial charge in [0.1, 0.15) is 0 Å². The molecule has 0 spiro atoms. The minimum Gasteiger partial charge on any atom is -0.478 e. The molecule has 1 aliphatic rings. The molecular formula is C18H19NO3S. The number of carboxylic acid groups (broad SMARTS) is 1. The van der Waals surface area contributed by atoms with Gasteiger partial charge in [-0.2, -0.15) is 0 Å². The highest BCUT2D eigenvalue weighted by molar-refractivity contribution is 7.10. The van der Waals surface area contributed by atoms with Crippen LogP contribution in [0.3, 0.4) is 0 Å². The molecule has 1 amide bonds. The van der Waals surface area contributed by atoms with Gasteiger partial charge in [-0.05, 0) is 47.5 Å². The highest BCUT2D eigenvalue weighted by atomic mass is 32.1. The van der Waals surface area contributed by atoms with E-state index < -0.39 is 5.97 Å². The highest BCUT2D eigenvalue weighted by Crippen LogP contribution is 2.35. The van der Waals surface area contributed by atoms with E-state index in [2.05, 4.69) is 18.4 Å². The summed E-state index contributed by atoms with van der Waals surface area (Å²) in [5.74, 6) is -0.900. The maximum Gasteiger partial charge on any atom is 0.335 e. The highest BCUT2D eigenvalue weighted by Gasteiger charge is 2.30. The average Bonchev–Trinajstić information content (AvgIpc) is 3.02. The van der Waals surface area contributed by atoms with E-state index in [0.717, 1.165) is 24.9 Å². The second kappa shape index (κ2) is 6.54. The van der Waals surface area contributed by atoms with Crippen molar-refractivity contribution in [2.45, 2.75) is 32.2 Å². The van der Waals surface area contributed by atoms with Crippen LogP contribution in [0.2, 0.25) is 0 Å². The molecule has 2 aromatic rings. The van der Waals surface area contributed by atoms with Gasteiger partial charge in [-0.25, -0.2) is 4.79 Å². The number of aromatic carboxylic acids is 1. The number of amides is 1. The van der Waals surface area contributed by atoms with Crippen molar-refractivity contribution in [2.24, 2.45) is 0 Å². The van der Waals surface area contributed by atoms with Crippen LogP contribution in [0.25, 0.3) is 0 Å². The Bertz CT molecular complexity index is 737. The van der Waals surface area contributed by atoms with E-state index in [1.165, 1.54) is 10.4 Å². The molecule has 1 N–H and O–H groups in total. The molecule has 0 radical (unpaired) electrons. The summed E-state index contributed by atoms with van der Waals surface area (Å²) < 4.78 is 0. The molecule has 1 aromatic carbocycles. The Labute approximate surface area is 139 Å². The fraction of sp³-hybridized carbons (Fsp3) is 0.333. The molecule has 0 aliphatic carbocycles. The smallest absolute Gasteiger partial charge is 0.335 e. The summed E-state index contributed by atoms with van der Waals surface area (Å²) in [6.45, 7) is 2.84. The van der Waals surface area contributed by atoms with Crippen LogP contribution in [0.1, 0.15) is 45.7 Å². The van der Waals surface area contributed by atoms with Gasteiger partial charge in [-0.1, -0.05) is 19.1 Å². The number of hydrogen-bond acceptors (Lipinski definition) is 3. The second-order valence-corrected chi connectivity index (χ2v) is 6.74. The number of rotatable bonds is 4. The summed E-state index contributed by atoms with van der Waals surface area (Å²) in [6.07, 6.45) is 2.05. The van der Waals surface area contributed by atoms with Crippen LogP contribution in [0.15, 0.2) is 35.7 Å². The molecule has 120 valence electrons. The maximum atomic E-state index is 12.7. The standard InChI is InChI=1S/C18H19NO3S/c1-2-15-14-7-9-23-16(14)6-8-19(15)17(20)11-12-4-3-5-13(10-12)18(21)22/h3-5,7,9-10,15H,2,6,8,11H2,1H3,(H,21,22). The zero-order chi connectivity index (χ0) is 16.4. The van der Waals surface area contributed by atoms with Gasteiger partial charge in [-0.15, -0.1) is 11.3 Å². The Kier molecular flexibility index (Phi) is 4.48. The van der Waals surface area contributed by atoms with Gasteiger partial charge in [0.25, 0.3) is 0 Å². The van der Waals surface area contributed by atoms with Gasteiger partial charge in [0.05, 0.1) is 18.0 Å². The molecule has 4 nitrogen and oxygen atoms in total. The van der Waals surface area contributed by atoms with Crippen molar-refractivity contribution in [2.75, 3.05) is 6.54 Å². The van der Waals surface area contributed by atoms with Crippen LogP contribution < -0.4 is 0 Å². The number of fused-ring (bicyclic) bond motifs is 1. The van der Waals surface area contributed by atoms with Crippen molar-refractivity contribution in [3.63, 3.8) is 0 Å². The Morgan fingerprint density at radius 3 is 2.91 bits per heavy atom. The van der Waals surface area contributed by atoms with Crippen molar-refractivity contribution in [1.29, 1.82) is 0 Å². The SMILES string of the molecule is CCC1c2ccsc2CCN1C(=O)Cc1cccc(C(=O)O)c1. The third-order valence-electron chi connectivity index (χ3n) is 4.33. The van der Waals surface area contributed by atoms with Crippen LogP contribution in [0.4, 0.5) is 0 Å². The fourth-order valence-electron chi connectivity index (χ4n) is 3.23. The van der Waals surface area contributed by atoms with E-state index in [9.17, 15) is 9.59 Å². The van der Waals surface area contributed by atoms with Gasteiger partial charge >= 0.3 is 5.97 Å². The monoisotopic (exact) mass is 329 g/mol. The number of hydrogen-bond donors (Lipinski definition) is 1. The predicted octanol–water partition coefficient (Wildman–Crippen LogP) is 3.52. The second-order valence-electron chi connectivity index (χ2n) is 5.74. The van der Waals surface area contributed by atoms with E-state index in [-0.39, 0.29) is 23.9 Å². The van der Waals surface area contributed by atoms with Gasteiger partial charge in [0.2, 0.25) is 5.91 Å². The molecule has 0 fully saturated rings. The molecule has 3 rings (SSSR count). The predicted molar refractivity (Wildman–Crippen MR) is 89.9 cm³/mol. The number of carbonyl (C=O) groups excluding carboxylic acids is 1. The van der Waals surface area contributed by atoms with Crippen molar-refractivity contribution < 1.29 is 14.7 Å². The summed E-state index contributed by atoms with van der Waals surface area (Å²) >= 11 is 1.76. The van der Waals surface area contributed by atoms with Gasteiger partial charge in [-0.3, -0.25) is 4.79 Å². The lowest BCUT2D eigenvalue weighted by atomic mass is 9.96. The van der Waals surface area contributed by atoms with E-state index >= 15 is 0 Å². The fourth-order valence-corrected chi connectivity index (χ4v) is 4.15. The zero-order valence-electron chi connectivity index (χ0n) is 13.0. The van der Waals surface area contributed by atoms with Crippen molar-refractivity contribution in [3.8, 4) is 0 Å². The molecule has 0 bridgehead atoms. The molecule has 0 saturated heterocycles. The summed E-state index contributed by atoms with van der Waals surface area (Å²) in [6, 6.07) is 8.89. The first kappa shape index (κ1) is 15.7. The van der Waals surface area contributed by atoms with Crippen molar-refractivity contribution in [1.82, 2.24) is 4.90 Å². The molecule has 0 saturated carbocycles. The van der Waals surface area contributed by atoms with Crippen LogP contribution in [0.5, 0.6) is 0 Å². The molecular weight excluding hydrogens is 310 g/mol. The van der Waals surface area contributed by atoms with Crippen LogP contribution >= 0.6 is 11.3 Å². The number of thiophene rings is 1. The van der Waals surface area contributed by atoms with Crippen LogP contribution in [0, 0.1) is 0 Å². The summed E-state index contributed by atoms with van der Waals surface area (Å²) in [5.41, 5.74) is 2.25. The summed E-state index contributed by atoms with van der Waals surface area (Å²) in [5, 5.41) is 11.2. The molecule has 5 heteroatoms. The van der Waals surface area contributed by atoms with Crippen LogP contribution in [-0.2, 0) is 17.6 Å². The summed E-state index contributed by atoms with van der Waals surface area (Å²) in [4.78, 5) is 27.1. The first-order valence-corrected chi connectivity index (χ1v) is 8.66. The van der Waals surface area contributed by atoms with E-state index in [1.54, 1.807) is 29.5 Å². The van der Waals surface area contributed by atoms with Crippen molar-refractivity contribution >= 4 is 23.2 Å². The largest absolute Gasteiger partial charge is 0.478 e. The van der Waals surface area contributed by atoms with Crippen molar-refractivity contribution in [3.05, 3.63) is 57.3 Å². The number of benzene rings is 1. The number of nitrogens with zero attached hydrogens (tertiary/aromatic N) is 1. The molecule has 1 unspecified atom stereocenters. The Balaban J connectivity index is 1.78. The first-order chi connectivity index (χ1) is 11.1. The first-order valence-electron chi connectivity index (χ1n) is 7.78. The quantitative estimate of drug-likeness (QED) is 0.933. The van der Waals surface area contributed by atoms with E-state index in [0.29, 0.717) is 0 Å². The minimum atomic E-state index is -0.966. The average molecular weight is 329 g/mol. The third-order valence-corrected chi connectivity index (χ3v) is 5.33. The molecule has 1 atom stereocenters. The lowest BCUT2D eigenvalue weighted by Gasteiger charge is -2.35. The number of carboxylic acids is 1. The van der Waals surface area contributed by atoms with E-state index in [4.69, 9.17) is 5.11 Å². The van der Waals surface area contributed by atoms with E-state index in [1.807, 2.05) is 11.0 Å². The summed E-state index contributed by atoms with van der Waals surface area (Å²) in [7, 11) is 0. The molecule has 23 heavy (non-hydrogen) atoms. The lowest BCUT2D eigenvalue weighted by Crippen LogP contribution is -2.40. The van der Waals surface area contributed by atoms with Gasteiger partial charge in [0.15, 0.2) is 0 Å². The van der Waals surface area contributed by atoms with Gasteiger partial charge in [0, 0.05) is 11.4 Å². The number of carbonyl (C=O) groups is 2. The third kappa shape index (κ3) is 3.15. The van der Waals surface area contributed by atoms with Crippen LogP contribution in [-0.4, -0.2) is 28.4 Å². The molecule has 1 aromatic heterocycles.